The van der Waals surface area contributed by atoms with E-state index in [0.717, 1.165) is 82.8 Å². The number of aliphatic hydroxyl groups is 1. The molecule has 0 saturated carbocycles. The summed E-state index contributed by atoms with van der Waals surface area (Å²) in [5, 5.41) is 18.0. The highest BCUT2D eigenvalue weighted by atomic mass is 16.3. The van der Waals surface area contributed by atoms with Crippen molar-refractivity contribution in [2.45, 2.75) is 6.54 Å². The average molecular weight is 384 g/mol. The van der Waals surface area contributed by atoms with Crippen molar-refractivity contribution >= 4 is 11.6 Å². The van der Waals surface area contributed by atoms with Crippen LogP contribution in [0.2, 0.25) is 0 Å². The Hall–Kier alpha value is -2.36. The van der Waals surface area contributed by atoms with E-state index in [-0.39, 0.29) is 6.61 Å². The first-order valence-corrected chi connectivity index (χ1v) is 9.96. The van der Waals surface area contributed by atoms with Crippen molar-refractivity contribution < 1.29 is 5.11 Å². The zero-order valence-corrected chi connectivity index (χ0v) is 16.2. The summed E-state index contributed by atoms with van der Waals surface area (Å²) in [6.45, 7) is 9.41. The molecule has 0 atom stereocenters. The van der Waals surface area contributed by atoms with Gasteiger partial charge in [-0.3, -0.25) is 19.8 Å². The molecule has 0 unspecified atom stereocenters. The normalized spacial score (nSPS) is 19.2. The van der Waals surface area contributed by atoms with E-state index in [1.54, 1.807) is 12.4 Å². The molecule has 0 radical (unpaired) electrons. The van der Waals surface area contributed by atoms with Crippen LogP contribution in [0.25, 0.3) is 0 Å². The smallest absolute Gasteiger partial charge is 0.151 e. The molecule has 9 nitrogen and oxygen atoms in total. The molecule has 0 amide bonds. The number of aromatic nitrogens is 4. The Balaban J connectivity index is 1.27. The number of nitrogens with zero attached hydrogens (tertiary/aromatic N) is 8. The van der Waals surface area contributed by atoms with Crippen LogP contribution in [-0.4, -0.2) is 101 Å². The first-order chi connectivity index (χ1) is 13.8. The van der Waals surface area contributed by atoms with Crippen LogP contribution in [0, 0.1) is 0 Å². The van der Waals surface area contributed by atoms with Gasteiger partial charge in [0.2, 0.25) is 0 Å². The topological polar surface area (TPSA) is 84.8 Å². The summed E-state index contributed by atoms with van der Waals surface area (Å²) in [5.74, 6) is 1.88. The number of hydrogen-bond donors (Lipinski definition) is 1. The lowest BCUT2D eigenvalue weighted by Gasteiger charge is -2.36. The van der Waals surface area contributed by atoms with E-state index in [2.05, 4.69) is 51.9 Å². The van der Waals surface area contributed by atoms with E-state index >= 15 is 0 Å². The van der Waals surface area contributed by atoms with Crippen LogP contribution in [0.3, 0.4) is 0 Å². The SMILES string of the molecule is OCCN1CCN(c2ccc(N3CCN(Cc4cnccn4)CC3)nn2)CC1. The second-order valence-electron chi connectivity index (χ2n) is 7.26. The van der Waals surface area contributed by atoms with Gasteiger partial charge in [0.05, 0.1) is 12.3 Å². The maximum absolute atomic E-state index is 9.05. The number of anilines is 2. The van der Waals surface area contributed by atoms with Crippen molar-refractivity contribution in [1.82, 2.24) is 30.0 Å². The molecule has 4 heterocycles. The molecule has 2 saturated heterocycles. The molecule has 2 aliphatic rings. The van der Waals surface area contributed by atoms with Crippen LogP contribution < -0.4 is 9.80 Å². The van der Waals surface area contributed by atoms with Gasteiger partial charge in [0.25, 0.3) is 0 Å². The molecule has 0 aromatic carbocycles. The third-order valence-electron chi connectivity index (χ3n) is 5.45. The molecule has 2 aliphatic heterocycles. The number of aliphatic hydroxyl groups excluding tert-OH is 1. The van der Waals surface area contributed by atoms with Gasteiger partial charge in [-0.2, -0.15) is 0 Å². The highest BCUT2D eigenvalue weighted by molar-refractivity contribution is 5.45. The summed E-state index contributed by atoms with van der Waals surface area (Å²) < 4.78 is 0. The van der Waals surface area contributed by atoms with Gasteiger partial charge in [-0.05, 0) is 12.1 Å². The Bertz CT molecular complexity index is 712. The van der Waals surface area contributed by atoms with E-state index < -0.39 is 0 Å². The van der Waals surface area contributed by atoms with Crippen LogP contribution in [-0.2, 0) is 6.54 Å². The molecule has 2 aromatic heterocycles. The third-order valence-corrected chi connectivity index (χ3v) is 5.45. The molecule has 2 fully saturated rings. The predicted molar refractivity (Wildman–Crippen MR) is 107 cm³/mol. The predicted octanol–water partition coefficient (Wildman–Crippen LogP) is -0.297. The fourth-order valence-corrected chi connectivity index (χ4v) is 3.77. The van der Waals surface area contributed by atoms with Crippen molar-refractivity contribution in [3.05, 3.63) is 36.4 Å². The number of β-amino-alcohol motifs (C(OH)–C–C–N with tert-alkyl or cyclic N) is 1. The lowest BCUT2D eigenvalue weighted by atomic mass is 10.2. The monoisotopic (exact) mass is 384 g/mol. The van der Waals surface area contributed by atoms with Crippen LogP contribution in [0.1, 0.15) is 5.69 Å². The molecule has 0 spiro atoms. The van der Waals surface area contributed by atoms with E-state index in [0.29, 0.717) is 0 Å². The molecular weight excluding hydrogens is 356 g/mol. The van der Waals surface area contributed by atoms with Crippen molar-refractivity contribution in [2.75, 3.05) is 75.3 Å². The van der Waals surface area contributed by atoms with E-state index in [1.165, 1.54) is 0 Å². The Labute approximate surface area is 165 Å². The molecule has 4 rings (SSSR count). The van der Waals surface area contributed by atoms with Crippen molar-refractivity contribution in [3.63, 3.8) is 0 Å². The summed E-state index contributed by atoms with van der Waals surface area (Å²) in [4.78, 5) is 17.7. The third kappa shape index (κ3) is 4.73. The molecule has 28 heavy (non-hydrogen) atoms. The molecule has 2 aromatic rings. The lowest BCUT2D eigenvalue weighted by Crippen LogP contribution is -2.47. The molecule has 150 valence electrons. The second kappa shape index (κ2) is 9.22. The van der Waals surface area contributed by atoms with Crippen molar-refractivity contribution in [2.24, 2.45) is 0 Å². The quantitative estimate of drug-likeness (QED) is 0.722. The van der Waals surface area contributed by atoms with Gasteiger partial charge >= 0.3 is 0 Å². The first-order valence-electron chi connectivity index (χ1n) is 9.96. The Morgan fingerprint density at radius 2 is 1.39 bits per heavy atom. The van der Waals surface area contributed by atoms with E-state index in [9.17, 15) is 0 Å². The van der Waals surface area contributed by atoms with Crippen molar-refractivity contribution in [1.29, 1.82) is 0 Å². The fraction of sp³-hybridized carbons (Fsp3) is 0.579. The lowest BCUT2D eigenvalue weighted by molar-refractivity contribution is 0.188. The van der Waals surface area contributed by atoms with Gasteiger partial charge in [0.15, 0.2) is 11.6 Å². The Morgan fingerprint density at radius 3 is 1.89 bits per heavy atom. The highest BCUT2D eigenvalue weighted by Gasteiger charge is 2.21. The number of rotatable bonds is 6. The highest BCUT2D eigenvalue weighted by Crippen LogP contribution is 2.18. The zero-order chi connectivity index (χ0) is 19.2. The molecule has 9 heteroatoms. The molecular formula is C19H28N8O. The number of piperazine rings is 2. The molecule has 0 bridgehead atoms. The van der Waals surface area contributed by atoms with Gasteiger partial charge < -0.3 is 14.9 Å². The van der Waals surface area contributed by atoms with Crippen LogP contribution in [0.15, 0.2) is 30.7 Å². The summed E-state index contributed by atoms with van der Waals surface area (Å²) >= 11 is 0. The maximum atomic E-state index is 9.05. The van der Waals surface area contributed by atoms with Gasteiger partial charge in [0, 0.05) is 84.0 Å². The first kappa shape index (κ1) is 19.0. The number of hydrogen-bond acceptors (Lipinski definition) is 9. The standard InChI is InChI=1S/C19H28N8O/c28-14-13-24-5-9-26(10-6-24)18-1-2-19(23-22-18)27-11-7-25(8-12-27)16-17-15-20-3-4-21-17/h1-4,15,28H,5-14,16H2. The Morgan fingerprint density at radius 1 is 0.786 bits per heavy atom. The van der Waals surface area contributed by atoms with E-state index in [4.69, 9.17) is 5.11 Å². The van der Waals surface area contributed by atoms with Crippen LogP contribution in [0.4, 0.5) is 11.6 Å². The van der Waals surface area contributed by atoms with Crippen molar-refractivity contribution in [3.8, 4) is 0 Å². The molecule has 1 N–H and O–H groups in total. The minimum Gasteiger partial charge on any atom is -0.395 e. The fourth-order valence-electron chi connectivity index (χ4n) is 3.77. The minimum absolute atomic E-state index is 0.223. The van der Waals surface area contributed by atoms with Crippen LogP contribution in [0.5, 0.6) is 0 Å². The summed E-state index contributed by atoms with van der Waals surface area (Å²) in [6.07, 6.45) is 5.29. The zero-order valence-electron chi connectivity index (χ0n) is 16.2. The van der Waals surface area contributed by atoms with E-state index in [1.807, 2.05) is 6.20 Å². The Kier molecular flexibility index (Phi) is 6.25. The summed E-state index contributed by atoms with van der Waals surface area (Å²) in [5.41, 5.74) is 1.01. The van der Waals surface area contributed by atoms with Gasteiger partial charge in [-0.1, -0.05) is 0 Å². The second-order valence-corrected chi connectivity index (χ2v) is 7.26. The summed E-state index contributed by atoms with van der Waals surface area (Å²) in [6, 6.07) is 4.16. The van der Waals surface area contributed by atoms with Crippen LogP contribution >= 0.6 is 0 Å². The average Bonchev–Trinajstić information content (AvgIpc) is 2.76. The maximum Gasteiger partial charge on any atom is 0.151 e. The van der Waals surface area contributed by atoms with Gasteiger partial charge in [0.1, 0.15) is 0 Å². The largest absolute Gasteiger partial charge is 0.395 e. The molecule has 0 aliphatic carbocycles. The van der Waals surface area contributed by atoms with Gasteiger partial charge in [-0.15, -0.1) is 10.2 Å². The van der Waals surface area contributed by atoms with Gasteiger partial charge in [-0.25, -0.2) is 0 Å². The minimum atomic E-state index is 0.223. The summed E-state index contributed by atoms with van der Waals surface area (Å²) in [7, 11) is 0.